The SMILES string of the molecule is ClCC(Cc1ccsc1)c1ccc(Br)cc1. The third-order valence-electron chi connectivity index (χ3n) is 2.59. The van der Waals surface area contributed by atoms with Gasteiger partial charge in [-0.15, -0.1) is 11.6 Å². The summed E-state index contributed by atoms with van der Waals surface area (Å²) in [6.45, 7) is 0. The van der Waals surface area contributed by atoms with Crippen molar-refractivity contribution in [2.45, 2.75) is 12.3 Å². The van der Waals surface area contributed by atoms with Crippen LogP contribution >= 0.6 is 38.9 Å². The highest BCUT2D eigenvalue weighted by molar-refractivity contribution is 9.10. The van der Waals surface area contributed by atoms with Gasteiger partial charge in [-0.25, -0.2) is 0 Å². The molecule has 1 unspecified atom stereocenters. The molecule has 0 aliphatic rings. The van der Waals surface area contributed by atoms with Crippen LogP contribution in [0.15, 0.2) is 45.6 Å². The maximum Gasteiger partial charge on any atom is 0.0295 e. The van der Waals surface area contributed by atoms with Gasteiger partial charge in [-0.1, -0.05) is 28.1 Å². The molecule has 0 fully saturated rings. The highest BCUT2D eigenvalue weighted by atomic mass is 79.9. The van der Waals surface area contributed by atoms with E-state index in [9.17, 15) is 0 Å². The number of benzene rings is 1. The fourth-order valence-electron chi connectivity index (χ4n) is 1.69. The van der Waals surface area contributed by atoms with Crippen molar-refractivity contribution >= 4 is 38.9 Å². The molecular formula is C13H12BrClS. The molecule has 3 heteroatoms. The minimum Gasteiger partial charge on any atom is -0.152 e. The lowest BCUT2D eigenvalue weighted by molar-refractivity contribution is 0.768. The Labute approximate surface area is 113 Å². The Balaban J connectivity index is 2.13. The predicted molar refractivity (Wildman–Crippen MR) is 75.6 cm³/mol. The van der Waals surface area contributed by atoms with Crippen LogP contribution in [0.25, 0.3) is 0 Å². The van der Waals surface area contributed by atoms with Crippen LogP contribution in [0.2, 0.25) is 0 Å². The van der Waals surface area contributed by atoms with Gasteiger partial charge in [0.25, 0.3) is 0 Å². The molecule has 0 nitrogen and oxygen atoms in total. The molecular weight excluding hydrogens is 304 g/mol. The van der Waals surface area contributed by atoms with Gasteiger partial charge < -0.3 is 0 Å². The first-order valence-electron chi connectivity index (χ1n) is 5.12. The number of thiophene rings is 1. The van der Waals surface area contributed by atoms with Gasteiger partial charge in [0.1, 0.15) is 0 Å². The van der Waals surface area contributed by atoms with E-state index in [4.69, 9.17) is 11.6 Å². The molecule has 1 aromatic heterocycles. The van der Waals surface area contributed by atoms with Gasteiger partial charge in [0.15, 0.2) is 0 Å². The fourth-order valence-corrected chi connectivity index (χ4v) is 2.92. The van der Waals surface area contributed by atoms with E-state index in [0.717, 1.165) is 10.9 Å². The van der Waals surface area contributed by atoms with Crippen molar-refractivity contribution in [1.29, 1.82) is 0 Å². The molecule has 1 aromatic carbocycles. The van der Waals surface area contributed by atoms with Gasteiger partial charge in [-0.05, 0) is 46.5 Å². The first-order valence-corrected chi connectivity index (χ1v) is 7.39. The Morgan fingerprint density at radius 1 is 1.19 bits per heavy atom. The topological polar surface area (TPSA) is 0 Å². The maximum absolute atomic E-state index is 6.05. The van der Waals surface area contributed by atoms with Gasteiger partial charge in [-0.3, -0.25) is 0 Å². The van der Waals surface area contributed by atoms with Crippen molar-refractivity contribution in [3.05, 3.63) is 56.7 Å². The fraction of sp³-hybridized carbons (Fsp3) is 0.231. The number of alkyl halides is 1. The third-order valence-corrected chi connectivity index (χ3v) is 4.22. The maximum atomic E-state index is 6.05. The van der Waals surface area contributed by atoms with E-state index in [1.807, 2.05) is 0 Å². The van der Waals surface area contributed by atoms with E-state index in [1.165, 1.54) is 11.1 Å². The van der Waals surface area contributed by atoms with Crippen molar-refractivity contribution in [3.8, 4) is 0 Å². The Morgan fingerprint density at radius 2 is 1.94 bits per heavy atom. The van der Waals surface area contributed by atoms with Crippen molar-refractivity contribution < 1.29 is 0 Å². The second-order valence-corrected chi connectivity index (χ2v) is 5.74. The largest absolute Gasteiger partial charge is 0.152 e. The normalized spacial score (nSPS) is 12.6. The van der Waals surface area contributed by atoms with Crippen LogP contribution in [-0.2, 0) is 6.42 Å². The first kappa shape index (κ1) is 12.2. The number of hydrogen-bond donors (Lipinski definition) is 0. The minimum atomic E-state index is 0.407. The lowest BCUT2D eigenvalue weighted by Gasteiger charge is -2.13. The number of halogens is 2. The Bertz CT molecular complexity index is 422. The summed E-state index contributed by atoms with van der Waals surface area (Å²) in [6.07, 6.45) is 1.02. The molecule has 0 amide bonds. The molecule has 0 aliphatic carbocycles. The first-order chi connectivity index (χ1) is 7.79. The summed E-state index contributed by atoms with van der Waals surface area (Å²) in [5, 5.41) is 4.31. The van der Waals surface area contributed by atoms with E-state index in [-0.39, 0.29) is 0 Å². The van der Waals surface area contributed by atoms with Crippen molar-refractivity contribution in [2.75, 3.05) is 5.88 Å². The molecule has 0 saturated heterocycles. The van der Waals surface area contributed by atoms with Crippen molar-refractivity contribution in [1.82, 2.24) is 0 Å². The minimum absolute atomic E-state index is 0.407. The monoisotopic (exact) mass is 314 g/mol. The standard InChI is InChI=1S/C13H12BrClS/c14-13-3-1-11(2-4-13)12(8-15)7-10-5-6-16-9-10/h1-6,9,12H,7-8H2. The van der Waals surface area contributed by atoms with Crippen LogP contribution in [0.3, 0.4) is 0 Å². The summed E-state index contributed by atoms with van der Waals surface area (Å²) < 4.78 is 1.11. The van der Waals surface area contributed by atoms with Gasteiger partial charge in [0.2, 0.25) is 0 Å². The van der Waals surface area contributed by atoms with E-state index < -0.39 is 0 Å². The Hall–Kier alpha value is -0.310. The highest BCUT2D eigenvalue weighted by Crippen LogP contribution is 2.24. The summed E-state index contributed by atoms with van der Waals surface area (Å²) in [4.78, 5) is 0. The summed E-state index contributed by atoms with van der Waals surface area (Å²) >= 11 is 11.2. The zero-order valence-electron chi connectivity index (χ0n) is 8.70. The van der Waals surface area contributed by atoms with E-state index >= 15 is 0 Å². The van der Waals surface area contributed by atoms with E-state index in [2.05, 4.69) is 57.0 Å². The molecule has 0 radical (unpaired) electrons. The molecule has 1 atom stereocenters. The summed E-state index contributed by atoms with van der Waals surface area (Å²) in [6, 6.07) is 10.6. The van der Waals surface area contributed by atoms with Crippen LogP contribution in [0.5, 0.6) is 0 Å². The van der Waals surface area contributed by atoms with Gasteiger partial charge in [0.05, 0.1) is 0 Å². The number of rotatable bonds is 4. The van der Waals surface area contributed by atoms with Crippen LogP contribution in [0, 0.1) is 0 Å². The second kappa shape index (κ2) is 5.85. The van der Waals surface area contributed by atoms with Crippen LogP contribution in [0.4, 0.5) is 0 Å². The zero-order valence-corrected chi connectivity index (χ0v) is 11.9. The molecule has 16 heavy (non-hydrogen) atoms. The summed E-state index contributed by atoms with van der Waals surface area (Å²) in [7, 11) is 0. The third kappa shape index (κ3) is 3.09. The summed E-state index contributed by atoms with van der Waals surface area (Å²) in [5.74, 6) is 1.07. The molecule has 0 N–H and O–H groups in total. The smallest absolute Gasteiger partial charge is 0.0295 e. The second-order valence-electron chi connectivity index (χ2n) is 3.74. The molecule has 2 rings (SSSR count). The van der Waals surface area contributed by atoms with Crippen molar-refractivity contribution in [3.63, 3.8) is 0 Å². The lowest BCUT2D eigenvalue weighted by Crippen LogP contribution is -2.03. The average Bonchev–Trinajstić information content (AvgIpc) is 2.80. The predicted octanol–water partition coefficient (Wildman–Crippen LogP) is 5.08. The van der Waals surface area contributed by atoms with Crippen LogP contribution in [-0.4, -0.2) is 5.88 Å². The average molecular weight is 316 g/mol. The Kier molecular flexibility index (Phi) is 4.45. The molecule has 1 heterocycles. The highest BCUT2D eigenvalue weighted by Gasteiger charge is 2.11. The van der Waals surface area contributed by atoms with Gasteiger partial charge in [-0.2, -0.15) is 11.3 Å². The molecule has 0 aliphatic heterocycles. The van der Waals surface area contributed by atoms with Gasteiger partial charge >= 0.3 is 0 Å². The molecule has 84 valence electrons. The van der Waals surface area contributed by atoms with E-state index in [1.54, 1.807) is 11.3 Å². The van der Waals surface area contributed by atoms with Crippen LogP contribution < -0.4 is 0 Å². The molecule has 0 spiro atoms. The van der Waals surface area contributed by atoms with Crippen LogP contribution in [0.1, 0.15) is 17.0 Å². The summed E-state index contributed by atoms with van der Waals surface area (Å²) in [5.41, 5.74) is 2.68. The molecule has 0 saturated carbocycles. The number of hydrogen-bond acceptors (Lipinski definition) is 1. The van der Waals surface area contributed by atoms with Crippen molar-refractivity contribution in [2.24, 2.45) is 0 Å². The molecule has 0 bridgehead atoms. The quantitative estimate of drug-likeness (QED) is 0.691. The zero-order chi connectivity index (χ0) is 11.4. The van der Waals surface area contributed by atoms with Gasteiger partial charge in [0, 0.05) is 16.3 Å². The van der Waals surface area contributed by atoms with E-state index in [0.29, 0.717) is 11.8 Å². The Morgan fingerprint density at radius 3 is 2.50 bits per heavy atom. The lowest BCUT2D eigenvalue weighted by atomic mass is 9.95. The molecule has 2 aromatic rings.